The van der Waals surface area contributed by atoms with Crippen LogP contribution in [0.25, 0.3) is 0 Å². The van der Waals surface area contributed by atoms with Crippen LogP contribution in [0.3, 0.4) is 0 Å². The van der Waals surface area contributed by atoms with Crippen LogP contribution in [0, 0.1) is 5.92 Å². The molecule has 1 aromatic rings. The number of likely N-dealkylation sites (tertiary alicyclic amines) is 1. The number of rotatable bonds is 3. The molecule has 1 heterocycles. The largest absolute Gasteiger partial charge is 0.326 e. The lowest BCUT2D eigenvalue weighted by Gasteiger charge is -2.34. The fraction of sp³-hybridized carbons (Fsp3) is 0.562. The third kappa shape index (κ3) is 3.73. The molecule has 4 heteroatoms. The highest BCUT2D eigenvalue weighted by Crippen LogP contribution is 2.17. The Balaban J connectivity index is 1.96. The van der Waals surface area contributed by atoms with Crippen molar-refractivity contribution >= 4 is 6.03 Å². The minimum atomic E-state index is 0.134. The minimum absolute atomic E-state index is 0.134. The van der Waals surface area contributed by atoms with Gasteiger partial charge in [0, 0.05) is 33.2 Å². The lowest BCUT2D eigenvalue weighted by Crippen LogP contribution is -2.45. The second-order valence-corrected chi connectivity index (χ2v) is 5.86. The van der Waals surface area contributed by atoms with Gasteiger partial charge in [-0.15, -0.1) is 0 Å². The van der Waals surface area contributed by atoms with Crippen LogP contribution in [-0.4, -0.2) is 36.0 Å². The molecule has 110 valence electrons. The van der Waals surface area contributed by atoms with Gasteiger partial charge in [-0.1, -0.05) is 31.2 Å². The quantitative estimate of drug-likeness (QED) is 0.921. The molecular formula is C16H25N3O. The van der Waals surface area contributed by atoms with E-state index in [1.807, 2.05) is 30.1 Å². The van der Waals surface area contributed by atoms with Crippen molar-refractivity contribution in [3.8, 4) is 0 Å². The van der Waals surface area contributed by atoms with Crippen LogP contribution in [0.4, 0.5) is 4.79 Å². The molecule has 1 unspecified atom stereocenters. The van der Waals surface area contributed by atoms with Crippen molar-refractivity contribution in [1.29, 1.82) is 0 Å². The van der Waals surface area contributed by atoms with Crippen LogP contribution >= 0.6 is 0 Å². The summed E-state index contributed by atoms with van der Waals surface area (Å²) in [5.74, 6) is 0.613. The molecular weight excluding hydrogens is 250 g/mol. The molecule has 1 aromatic carbocycles. The highest BCUT2D eigenvalue weighted by molar-refractivity contribution is 5.74. The summed E-state index contributed by atoms with van der Waals surface area (Å²) < 4.78 is 0. The molecule has 0 aromatic heterocycles. The first-order valence-corrected chi connectivity index (χ1v) is 7.38. The van der Waals surface area contributed by atoms with Gasteiger partial charge < -0.3 is 15.5 Å². The van der Waals surface area contributed by atoms with Gasteiger partial charge in [0.25, 0.3) is 0 Å². The molecule has 0 aliphatic carbocycles. The Hall–Kier alpha value is -1.55. The number of benzene rings is 1. The maximum absolute atomic E-state index is 12.4. The first-order valence-electron chi connectivity index (χ1n) is 7.38. The highest BCUT2D eigenvalue weighted by atomic mass is 16.2. The Morgan fingerprint density at radius 2 is 2.20 bits per heavy atom. The molecule has 2 rings (SSSR count). The van der Waals surface area contributed by atoms with Crippen molar-refractivity contribution in [2.24, 2.45) is 11.7 Å². The standard InChI is InChI=1S/C16H25N3O/c1-13-5-4-8-19(11-13)16(20)18(2)12-15-7-3-6-14(9-15)10-17/h3,6-7,9,13H,4-5,8,10-12,17H2,1-2H3. The summed E-state index contributed by atoms with van der Waals surface area (Å²) in [5, 5.41) is 0. The predicted octanol–water partition coefficient (Wildman–Crippen LogP) is 2.43. The van der Waals surface area contributed by atoms with Crippen LogP contribution in [0.1, 0.15) is 30.9 Å². The van der Waals surface area contributed by atoms with Crippen molar-refractivity contribution in [3.63, 3.8) is 0 Å². The lowest BCUT2D eigenvalue weighted by molar-refractivity contribution is 0.137. The van der Waals surface area contributed by atoms with E-state index in [0.29, 0.717) is 19.0 Å². The number of piperidine rings is 1. The number of urea groups is 1. The molecule has 0 spiro atoms. The highest BCUT2D eigenvalue weighted by Gasteiger charge is 2.23. The predicted molar refractivity (Wildman–Crippen MR) is 81.2 cm³/mol. The van der Waals surface area contributed by atoms with Gasteiger partial charge in [0.05, 0.1) is 0 Å². The van der Waals surface area contributed by atoms with Crippen LogP contribution < -0.4 is 5.73 Å². The molecule has 0 radical (unpaired) electrons. The molecule has 1 saturated heterocycles. The summed E-state index contributed by atoms with van der Waals surface area (Å²) in [6, 6.07) is 8.26. The summed E-state index contributed by atoms with van der Waals surface area (Å²) in [5.41, 5.74) is 7.89. The normalized spacial score (nSPS) is 18.9. The topological polar surface area (TPSA) is 49.6 Å². The number of carbonyl (C=O) groups excluding carboxylic acids is 1. The van der Waals surface area contributed by atoms with Crippen molar-refractivity contribution < 1.29 is 4.79 Å². The Morgan fingerprint density at radius 1 is 1.45 bits per heavy atom. The number of nitrogens with zero attached hydrogens (tertiary/aromatic N) is 2. The number of hydrogen-bond donors (Lipinski definition) is 1. The van der Waals surface area contributed by atoms with Gasteiger partial charge in [0.2, 0.25) is 0 Å². The first kappa shape index (κ1) is 14.9. The monoisotopic (exact) mass is 275 g/mol. The zero-order chi connectivity index (χ0) is 14.5. The molecule has 20 heavy (non-hydrogen) atoms. The average molecular weight is 275 g/mol. The second kappa shape index (κ2) is 6.75. The molecule has 0 bridgehead atoms. The van der Waals surface area contributed by atoms with Crippen LogP contribution in [0.2, 0.25) is 0 Å². The maximum Gasteiger partial charge on any atom is 0.320 e. The fourth-order valence-electron chi connectivity index (χ4n) is 2.80. The van der Waals surface area contributed by atoms with Gasteiger partial charge in [0.15, 0.2) is 0 Å². The summed E-state index contributed by atoms with van der Waals surface area (Å²) in [6.45, 7) is 5.15. The molecule has 1 aliphatic heterocycles. The Bertz CT molecular complexity index is 461. The summed E-state index contributed by atoms with van der Waals surface area (Å²) in [4.78, 5) is 16.2. The van der Waals surface area contributed by atoms with E-state index in [-0.39, 0.29) is 6.03 Å². The number of amides is 2. The van der Waals surface area contributed by atoms with Crippen LogP contribution in [0.5, 0.6) is 0 Å². The van der Waals surface area contributed by atoms with Gasteiger partial charge in [0.1, 0.15) is 0 Å². The van der Waals surface area contributed by atoms with Crippen molar-refractivity contribution in [3.05, 3.63) is 35.4 Å². The minimum Gasteiger partial charge on any atom is -0.326 e. The fourth-order valence-corrected chi connectivity index (χ4v) is 2.80. The van der Waals surface area contributed by atoms with Gasteiger partial charge in [-0.25, -0.2) is 4.79 Å². The second-order valence-electron chi connectivity index (χ2n) is 5.86. The van der Waals surface area contributed by atoms with Crippen molar-refractivity contribution in [2.75, 3.05) is 20.1 Å². The third-order valence-electron chi connectivity index (χ3n) is 3.90. The lowest BCUT2D eigenvalue weighted by atomic mass is 10.0. The zero-order valence-corrected chi connectivity index (χ0v) is 12.5. The number of nitrogens with two attached hydrogens (primary N) is 1. The average Bonchev–Trinajstić information content (AvgIpc) is 2.46. The van der Waals surface area contributed by atoms with Gasteiger partial charge >= 0.3 is 6.03 Å². The Labute approximate surface area is 121 Å². The SMILES string of the molecule is CC1CCCN(C(=O)N(C)Cc2cccc(CN)c2)C1. The summed E-state index contributed by atoms with van der Waals surface area (Å²) in [6.07, 6.45) is 2.34. The number of hydrogen-bond acceptors (Lipinski definition) is 2. The van der Waals surface area contributed by atoms with Gasteiger partial charge in [-0.2, -0.15) is 0 Å². The van der Waals surface area contributed by atoms with Crippen molar-refractivity contribution in [1.82, 2.24) is 9.80 Å². The van der Waals surface area contributed by atoms with E-state index >= 15 is 0 Å². The van der Waals surface area contributed by atoms with E-state index in [0.717, 1.165) is 30.6 Å². The van der Waals surface area contributed by atoms with Crippen LogP contribution in [0.15, 0.2) is 24.3 Å². The first-order chi connectivity index (χ1) is 9.60. The van der Waals surface area contributed by atoms with E-state index in [1.165, 1.54) is 6.42 Å². The maximum atomic E-state index is 12.4. The van der Waals surface area contributed by atoms with E-state index in [1.54, 1.807) is 4.90 Å². The van der Waals surface area contributed by atoms with Crippen LogP contribution in [-0.2, 0) is 13.1 Å². The van der Waals surface area contributed by atoms with E-state index in [2.05, 4.69) is 13.0 Å². The summed E-state index contributed by atoms with van der Waals surface area (Å²) in [7, 11) is 1.87. The third-order valence-corrected chi connectivity index (χ3v) is 3.90. The van der Waals surface area contributed by atoms with Gasteiger partial charge in [-0.3, -0.25) is 0 Å². The van der Waals surface area contributed by atoms with E-state index in [9.17, 15) is 4.79 Å². The van der Waals surface area contributed by atoms with E-state index < -0.39 is 0 Å². The molecule has 4 nitrogen and oxygen atoms in total. The molecule has 2 amide bonds. The molecule has 1 atom stereocenters. The number of carbonyl (C=O) groups is 1. The van der Waals surface area contributed by atoms with E-state index in [4.69, 9.17) is 5.73 Å². The molecule has 2 N–H and O–H groups in total. The smallest absolute Gasteiger partial charge is 0.320 e. The zero-order valence-electron chi connectivity index (χ0n) is 12.5. The Morgan fingerprint density at radius 3 is 2.90 bits per heavy atom. The molecule has 1 fully saturated rings. The van der Waals surface area contributed by atoms with Crippen molar-refractivity contribution in [2.45, 2.75) is 32.9 Å². The van der Waals surface area contributed by atoms with Gasteiger partial charge in [-0.05, 0) is 29.9 Å². The molecule has 0 saturated carbocycles. The Kier molecular flexibility index (Phi) is 5.01. The summed E-state index contributed by atoms with van der Waals surface area (Å²) >= 11 is 0. The molecule has 1 aliphatic rings.